The highest BCUT2D eigenvalue weighted by Crippen LogP contribution is 2.17. The maximum atomic E-state index is 12.0. The van der Waals surface area contributed by atoms with Crippen LogP contribution < -0.4 is 4.74 Å². The van der Waals surface area contributed by atoms with Gasteiger partial charge in [-0.1, -0.05) is 12.1 Å². The van der Waals surface area contributed by atoms with E-state index in [0.717, 1.165) is 11.4 Å². The van der Waals surface area contributed by atoms with Gasteiger partial charge < -0.3 is 4.74 Å². The molecular formula is C19H14N4O2S3. The molecule has 28 heavy (non-hydrogen) atoms. The van der Waals surface area contributed by atoms with Gasteiger partial charge in [0.15, 0.2) is 5.82 Å². The minimum Gasteiger partial charge on any atom is -0.422 e. The zero-order valence-electron chi connectivity index (χ0n) is 14.4. The van der Waals surface area contributed by atoms with Crippen LogP contribution in [0.1, 0.15) is 25.9 Å². The summed E-state index contributed by atoms with van der Waals surface area (Å²) in [6.07, 6.45) is 2.34. The van der Waals surface area contributed by atoms with Gasteiger partial charge in [-0.3, -0.25) is 5.10 Å². The van der Waals surface area contributed by atoms with Crippen LogP contribution >= 0.6 is 34.9 Å². The smallest absolute Gasteiger partial charge is 0.353 e. The van der Waals surface area contributed by atoms with E-state index in [2.05, 4.69) is 15.3 Å². The van der Waals surface area contributed by atoms with E-state index in [9.17, 15) is 4.79 Å². The largest absolute Gasteiger partial charge is 0.422 e. The predicted molar refractivity (Wildman–Crippen MR) is 113 cm³/mol. The summed E-state index contributed by atoms with van der Waals surface area (Å²) in [5, 5.41) is 15.3. The van der Waals surface area contributed by atoms with Crippen LogP contribution in [0.15, 0.2) is 64.4 Å². The zero-order chi connectivity index (χ0) is 19.3. The van der Waals surface area contributed by atoms with Crippen molar-refractivity contribution < 1.29 is 9.53 Å². The van der Waals surface area contributed by atoms with Crippen LogP contribution in [0.4, 0.5) is 0 Å². The van der Waals surface area contributed by atoms with Crippen molar-refractivity contribution >= 4 is 47.1 Å². The highest BCUT2D eigenvalue weighted by Gasteiger charge is 2.09. The van der Waals surface area contributed by atoms with Crippen molar-refractivity contribution in [2.75, 3.05) is 0 Å². The summed E-state index contributed by atoms with van der Waals surface area (Å²) in [6, 6.07) is 14.7. The van der Waals surface area contributed by atoms with E-state index in [1.807, 2.05) is 41.1 Å². The average Bonchev–Trinajstić information content (AvgIpc) is 3.45. The number of carbonyl (C=O) groups is 1. The van der Waals surface area contributed by atoms with Crippen LogP contribution in [0.25, 0.3) is 0 Å². The molecule has 0 aliphatic carbocycles. The van der Waals surface area contributed by atoms with Gasteiger partial charge in [0.2, 0.25) is 4.77 Å². The fourth-order valence-electron chi connectivity index (χ4n) is 2.43. The lowest BCUT2D eigenvalue weighted by molar-refractivity contribution is 0.0740. The summed E-state index contributed by atoms with van der Waals surface area (Å²) in [6.45, 7) is 0. The van der Waals surface area contributed by atoms with E-state index in [4.69, 9.17) is 17.0 Å². The average molecular weight is 427 g/mol. The number of H-pyrrole nitrogens is 1. The molecule has 0 fully saturated rings. The number of carbonyl (C=O) groups excluding carboxylic acids is 1. The topological polar surface area (TPSA) is 72.3 Å². The number of hydrogen-bond donors (Lipinski definition) is 1. The molecule has 3 aromatic heterocycles. The lowest BCUT2D eigenvalue weighted by Gasteiger charge is -2.03. The molecule has 0 atom stereocenters. The molecule has 0 saturated heterocycles. The van der Waals surface area contributed by atoms with Gasteiger partial charge in [0.1, 0.15) is 10.6 Å². The Morgan fingerprint density at radius 3 is 2.68 bits per heavy atom. The molecule has 0 spiro atoms. The van der Waals surface area contributed by atoms with Crippen molar-refractivity contribution in [3.05, 3.63) is 85.2 Å². The van der Waals surface area contributed by atoms with Crippen LogP contribution in [-0.2, 0) is 6.42 Å². The third-order valence-corrected chi connectivity index (χ3v) is 5.76. The lowest BCUT2D eigenvalue weighted by atomic mass is 10.2. The molecule has 3 heterocycles. The molecule has 6 nitrogen and oxygen atoms in total. The number of aromatic amines is 1. The third kappa shape index (κ3) is 4.33. The number of nitrogens with one attached hydrogen (secondary N) is 1. The summed E-state index contributed by atoms with van der Waals surface area (Å²) < 4.78 is 7.40. The maximum Gasteiger partial charge on any atom is 0.353 e. The Labute approximate surface area is 173 Å². The zero-order valence-corrected chi connectivity index (χ0v) is 16.9. The van der Waals surface area contributed by atoms with E-state index in [1.54, 1.807) is 40.4 Å². The Balaban J connectivity index is 1.46. The van der Waals surface area contributed by atoms with Crippen LogP contribution in [0, 0.1) is 4.77 Å². The Bertz CT molecular complexity index is 1140. The van der Waals surface area contributed by atoms with Gasteiger partial charge in [-0.2, -0.15) is 14.9 Å². The van der Waals surface area contributed by atoms with Crippen LogP contribution in [-0.4, -0.2) is 27.1 Å². The lowest BCUT2D eigenvalue weighted by Crippen LogP contribution is -2.06. The van der Waals surface area contributed by atoms with E-state index < -0.39 is 0 Å². The van der Waals surface area contributed by atoms with Crippen molar-refractivity contribution in [2.45, 2.75) is 6.42 Å². The second-order valence-electron chi connectivity index (χ2n) is 5.69. The Morgan fingerprint density at radius 1 is 1.18 bits per heavy atom. The first-order valence-corrected chi connectivity index (χ1v) is 10.4. The summed E-state index contributed by atoms with van der Waals surface area (Å²) >= 11 is 8.28. The number of benzene rings is 1. The number of rotatable bonds is 6. The Morgan fingerprint density at radius 2 is 1.96 bits per heavy atom. The van der Waals surface area contributed by atoms with Gasteiger partial charge in [-0.25, -0.2) is 4.79 Å². The fourth-order valence-corrected chi connectivity index (χ4v) is 3.92. The van der Waals surface area contributed by atoms with Gasteiger partial charge in [-0.15, -0.1) is 22.7 Å². The molecule has 140 valence electrons. The third-order valence-electron chi connectivity index (χ3n) is 3.77. The molecule has 0 bridgehead atoms. The first-order valence-electron chi connectivity index (χ1n) is 8.28. The Kier molecular flexibility index (Phi) is 5.56. The number of esters is 1. The van der Waals surface area contributed by atoms with Crippen molar-refractivity contribution in [3.8, 4) is 5.75 Å². The first-order chi connectivity index (χ1) is 13.7. The van der Waals surface area contributed by atoms with Crippen LogP contribution in [0.5, 0.6) is 5.75 Å². The maximum absolute atomic E-state index is 12.0. The number of ether oxygens (including phenoxy) is 1. The first kappa shape index (κ1) is 18.5. The molecule has 4 aromatic rings. The number of thiophene rings is 2. The standard InChI is InChI=1S/C19H14N4O2S3/c24-18(16-4-2-10-28-16)25-14-7-5-13(6-8-14)12-20-23-17(21-22-19(23)26)11-15-3-1-9-27-15/h1-10,12H,11H2,(H,22,26)/b20-12-. The van der Waals surface area contributed by atoms with E-state index >= 15 is 0 Å². The molecule has 0 radical (unpaired) electrons. The molecule has 0 unspecified atom stereocenters. The minimum atomic E-state index is -0.362. The van der Waals surface area contributed by atoms with Gasteiger partial charge in [0, 0.05) is 11.3 Å². The number of nitrogens with zero attached hydrogens (tertiary/aromatic N) is 3. The van der Waals surface area contributed by atoms with Crippen molar-refractivity contribution in [1.29, 1.82) is 0 Å². The van der Waals surface area contributed by atoms with E-state index in [0.29, 0.717) is 21.8 Å². The quantitative estimate of drug-likeness (QED) is 0.209. The van der Waals surface area contributed by atoms with Gasteiger partial charge in [0.05, 0.1) is 6.21 Å². The minimum absolute atomic E-state index is 0.362. The molecule has 4 rings (SSSR count). The molecular weight excluding hydrogens is 412 g/mol. The monoisotopic (exact) mass is 426 g/mol. The predicted octanol–water partition coefficient (Wildman–Crippen LogP) is 4.76. The van der Waals surface area contributed by atoms with Gasteiger partial charge in [-0.05, 0) is 64.9 Å². The van der Waals surface area contributed by atoms with Crippen molar-refractivity contribution in [3.63, 3.8) is 0 Å². The SMILES string of the molecule is O=C(Oc1ccc(/C=N\n2c(Cc3cccs3)n[nH]c2=S)cc1)c1cccs1. The Hall–Kier alpha value is -2.88. The van der Waals surface area contributed by atoms with Crippen LogP contribution in [0.3, 0.4) is 0 Å². The molecule has 1 N–H and O–H groups in total. The van der Waals surface area contributed by atoms with Crippen molar-refractivity contribution in [1.82, 2.24) is 14.9 Å². The van der Waals surface area contributed by atoms with Gasteiger partial charge >= 0.3 is 5.97 Å². The molecule has 1 aromatic carbocycles. The second-order valence-corrected chi connectivity index (χ2v) is 8.06. The molecule has 0 aliphatic rings. The van der Waals surface area contributed by atoms with Gasteiger partial charge in [0.25, 0.3) is 0 Å². The highest BCUT2D eigenvalue weighted by molar-refractivity contribution is 7.71. The fraction of sp³-hybridized carbons (Fsp3) is 0.0526. The highest BCUT2D eigenvalue weighted by atomic mass is 32.1. The summed E-state index contributed by atoms with van der Waals surface area (Å²) in [5.41, 5.74) is 0.848. The molecule has 0 aliphatic heterocycles. The van der Waals surface area contributed by atoms with E-state index in [-0.39, 0.29) is 5.97 Å². The molecule has 9 heteroatoms. The molecule has 0 amide bonds. The molecule has 0 saturated carbocycles. The van der Waals surface area contributed by atoms with Crippen molar-refractivity contribution in [2.24, 2.45) is 5.10 Å². The number of hydrogen-bond acceptors (Lipinski definition) is 7. The normalized spacial score (nSPS) is 11.1. The number of aromatic nitrogens is 3. The second kappa shape index (κ2) is 8.42. The van der Waals surface area contributed by atoms with E-state index in [1.165, 1.54) is 16.2 Å². The van der Waals surface area contributed by atoms with Crippen LogP contribution in [0.2, 0.25) is 0 Å². The summed E-state index contributed by atoms with van der Waals surface area (Å²) in [7, 11) is 0. The summed E-state index contributed by atoms with van der Waals surface area (Å²) in [5.74, 6) is 0.860. The summed E-state index contributed by atoms with van der Waals surface area (Å²) in [4.78, 5) is 13.7.